The second-order valence-electron chi connectivity index (χ2n) is 4.42. The molecule has 2 nitrogen and oxygen atoms in total. The highest BCUT2D eigenvalue weighted by Crippen LogP contribution is 2.25. The van der Waals surface area contributed by atoms with Gasteiger partial charge in [-0.2, -0.15) is 0 Å². The molecule has 13 heavy (non-hydrogen) atoms. The highest BCUT2D eigenvalue weighted by Gasteiger charge is 2.25. The number of likely N-dealkylation sites (tertiary alicyclic amines) is 1. The molecule has 2 unspecified atom stereocenters. The van der Waals surface area contributed by atoms with Gasteiger partial charge in [0.2, 0.25) is 0 Å². The van der Waals surface area contributed by atoms with E-state index in [1.165, 1.54) is 38.9 Å². The molecule has 1 heterocycles. The van der Waals surface area contributed by atoms with E-state index in [2.05, 4.69) is 31.2 Å². The van der Waals surface area contributed by atoms with Gasteiger partial charge >= 0.3 is 0 Å². The molecule has 0 bridgehead atoms. The molecule has 1 N–H and O–H groups in total. The minimum atomic E-state index is 0.918. The van der Waals surface area contributed by atoms with E-state index < -0.39 is 0 Å². The molecule has 2 heteroatoms. The van der Waals surface area contributed by atoms with Gasteiger partial charge in [-0.15, -0.1) is 0 Å². The van der Waals surface area contributed by atoms with Crippen LogP contribution in [0.5, 0.6) is 0 Å². The van der Waals surface area contributed by atoms with Crippen molar-refractivity contribution < 1.29 is 0 Å². The van der Waals surface area contributed by atoms with Crippen LogP contribution in [0.25, 0.3) is 0 Å². The molecule has 1 rings (SSSR count). The van der Waals surface area contributed by atoms with Crippen molar-refractivity contribution in [1.82, 2.24) is 10.2 Å². The maximum Gasteiger partial charge on any atom is 0.000974 e. The summed E-state index contributed by atoms with van der Waals surface area (Å²) < 4.78 is 0. The van der Waals surface area contributed by atoms with Crippen LogP contribution >= 0.6 is 0 Å². The van der Waals surface area contributed by atoms with E-state index in [0.717, 1.165) is 11.8 Å². The third-order valence-electron chi connectivity index (χ3n) is 3.22. The van der Waals surface area contributed by atoms with E-state index in [1.54, 1.807) is 0 Å². The SMILES string of the molecule is CCCC1CN(C)CCC1CNC. The van der Waals surface area contributed by atoms with Crippen molar-refractivity contribution in [2.75, 3.05) is 33.7 Å². The zero-order valence-electron chi connectivity index (χ0n) is 9.34. The van der Waals surface area contributed by atoms with E-state index >= 15 is 0 Å². The Labute approximate surface area is 82.7 Å². The number of piperidine rings is 1. The summed E-state index contributed by atoms with van der Waals surface area (Å²) >= 11 is 0. The van der Waals surface area contributed by atoms with Gasteiger partial charge in [0, 0.05) is 6.54 Å². The van der Waals surface area contributed by atoms with Gasteiger partial charge in [0.15, 0.2) is 0 Å². The van der Waals surface area contributed by atoms with Gasteiger partial charge in [-0.05, 0) is 51.9 Å². The lowest BCUT2D eigenvalue weighted by Gasteiger charge is -2.36. The number of nitrogens with zero attached hydrogens (tertiary/aromatic N) is 1. The summed E-state index contributed by atoms with van der Waals surface area (Å²) in [5.41, 5.74) is 0. The van der Waals surface area contributed by atoms with Crippen LogP contribution in [-0.2, 0) is 0 Å². The minimum Gasteiger partial charge on any atom is -0.319 e. The summed E-state index contributed by atoms with van der Waals surface area (Å²) in [6.07, 6.45) is 4.11. The molecule has 0 aromatic heterocycles. The van der Waals surface area contributed by atoms with E-state index in [9.17, 15) is 0 Å². The van der Waals surface area contributed by atoms with Gasteiger partial charge in [0.05, 0.1) is 0 Å². The van der Waals surface area contributed by atoms with Gasteiger partial charge in [-0.1, -0.05) is 13.3 Å². The topological polar surface area (TPSA) is 15.3 Å². The molecule has 0 amide bonds. The van der Waals surface area contributed by atoms with Crippen molar-refractivity contribution in [2.24, 2.45) is 11.8 Å². The quantitative estimate of drug-likeness (QED) is 0.713. The second kappa shape index (κ2) is 5.61. The first-order valence-electron chi connectivity index (χ1n) is 5.61. The fraction of sp³-hybridized carbons (Fsp3) is 1.00. The Balaban J connectivity index is 2.40. The van der Waals surface area contributed by atoms with Crippen molar-refractivity contribution in [1.29, 1.82) is 0 Å². The Morgan fingerprint density at radius 3 is 2.77 bits per heavy atom. The van der Waals surface area contributed by atoms with Gasteiger partial charge in [-0.3, -0.25) is 0 Å². The summed E-state index contributed by atoms with van der Waals surface area (Å²) in [4.78, 5) is 2.48. The van der Waals surface area contributed by atoms with Crippen molar-refractivity contribution in [2.45, 2.75) is 26.2 Å². The van der Waals surface area contributed by atoms with Crippen LogP contribution in [0.4, 0.5) is 0 Å². The van der Waals surface area contributed by atoms with Gasteiger partial charge < -0.3 is 10.2 Å². The van der Waals surface area contributed by atoms with Gasteiger partial charge in [0.25, 0.3) is 0 Å². The van der Waals surface area contributed by atoms with Crippen LogP contribution in [0.3, 0.4) is 0 Å². The first-order valence-corrected chi connectivity index (χ1v) is 5.61. The van der Waals surface area contributed by atoms with Crippen LogP contribution in [0, 0.1) is 11.8 Å². The van der Waals surface area contributed by atoms with Crippen LogP contribution < -0.4 is 5.32 Å². The lowest BCUT2D eigenvalue weighted by Crippen LogP contribution is -2.41. The largest absolute Gasteiger partial charge is 0.319 e. The fourth-order valence-corrected chi connectivity index (χ4v) is 2.49. The lowest BCUT2D eigenvalue weighted by atomic mass is 9.83. The predicted molar refractivity (Wildman–Crippen MR) is 57.9 cm³/mol. The van der Waals surface area contributed by atoms with Crippen LogP contribution in [0.15, 0.2) is 0 Å². The molecule has 2 atom stereocenters. The second-order valence-corrected chi connectivity index (χ2v) is 4.42. The van der Waals surface area contributed by atoms with Crippen molar-refractivity contribution in [3.8, 4) is 0 Å². The summed E-state index contributed by atoms with van der Waals surface area (Å²) in [6.45, 7) is 6.09. The number of rotatable bonds is 4. The standard InChI is InChI=1S/C11H24N2/c1-4-5-11-9-13(3)7-6-10(11)8-12-2/h10-12H,4-9H2,1-3H3. The third kappa shape index (κ3) is 3.28. The van der Waals surface area contributed by atoms with E-state index in [0.29, 0.717) is 0 Å². The summed E-state index contributed by atoms with van der Waals surface area (Å²) in [7, 11) is 4.32. The monoisotopic (exact) mass is 184 g/mol. The maximum absolute atomic E-state index is 3.32. The molecule has 78 valence electrons. The Kier molecular flexibility index (Phi) is 4.74. The lowest BCUT2D eigenvalue weighted by molar-refractivity contribution is 0.135. The highest BCUT2D eigenvalue weighted by atomic mass is 15.1. The molecule has 1 aliphatic heterocycles. The Morgan fingerprint density at radius 1 is 1.38 bits per heavy atom. The summed E-state index contributed by atoms with van der Waals surface area (Å²) in [5.74, 6) is 1.84. The third-order valence-corrected chi connectivity index (χ3v) is 3.22. The smallest absolute Gasteiger partial charge is 0.000974 e. The van der Waals surface area contributed by atoms with Gasteiger partial charge in [-0.25, -0.2) is 0 Å². The first-order chi connectivity index (χ1) is 6.27. The summed E-state index contributed by atoms with van der Waals surface area (Å²) in [5, 5.41) is 3.32. The minimum absolute atomic E-state index is 0.918. The number of hydrogen-bond donors (Lipinski definition) is 1. The van der Waals surface area contributed by atoms with Crippen molar-refractivity contribution >= 4 is 0 Å². The van der Waals surface area contributed by atoms with E-state index in [-0.39, 0.29) is 0 Å². The maximum atomic E-state index is 3.32. The molecule has 0 aliphatic carbocycles. The van der Waals surface area contributed by atoms with E-state index in [1.807, 2.05) is 0 Å². The Morgan fingerprint density at radius 2 is 2.15 bits per heavy atom. The average molecular weight is 184 g/mol. The molecule has 0 radical (unpaired) electrons. The number of hydrogen-bond acceptors (Lipinski definition) is 2. The normalized spacial score (nSPS) is 30.7. The molecule has 1 saturated heterocycles. The van der Waals surface area contributed by atoms with E-state index in [4.69, 9.17) is 0 Å². The van der Waals surface area contributed by atoms with Crippen LogP contribution in [0.1, 0.15) is 26.2 Å². The number of nitrogens with one attached hydrogen (secondary N) is 1. The molecule has 0 aromatic carbocycles. The van der Waals surface area contributed by atoms with Crippen molar-refractivity contribution in [3.05, 3.63) is 0 Å². The Hall–Kier alpha value is -0.0800. The fourth-order valence-electron chi connectivity index (χ4n) is 2.49. The van der Waals surface area contributed by atoms with Crippen LogP contribution in [-0.4, -0.2) is 38.6 Å². The van der Waals surface area contributed by atoms with Crippen molar-refractivity contribution in [3.63, 3.8) is 0 Å². The zero-order chi connectivity index (χ0) is 9.68. The molecule has 0 aromatic rings. The molecule has 1 aliphatic rings. The molecular formula is C11H24N2. The Bertz CT molecular complexity index is 136. The zero-order valence-corrected chi connectivity index (χ0v) is 9.34. The van der Waals surface area contributed by atoms with Crippen LogP contribution in [0.2, 0.25) is 0 Å². The van der Waals surface area contributed by atoms with Gasteiger partial charge in [0.1, 0.15) is 0 Å². The predicted octanol–water partition coefficient (Wildman–Crippen LogP) is 1.57. The molecular weight excluding hydrogens is 160 g/mol. The molecule has 0 spiro atoms. The average Bonchev–Trinajstić information content (AvgIpc) is 2.10. The molecule has 0 saturated carbocycles. The molecule has 1 fully saturated rings. The first kappa shape index (κ1) is 11.0. The summed E-state index contributed by atoms with van der Waals surface area (Å²) in [6, 6.07) is 0. The highest BCUT2D eigenvalue weighted by molar-refractivity contribution is 4.79.